The maximum absolute atomic E-state index is 10.9. The molecule has 0 spiro atoms. The Morgan fingerprint density at radius 3 is 2.60 bits per heavy atom. The number of hydrogen-bond acceptors (Lipinski definition) is 3. The number of rotatable bonds is 4. The van der Waals surface area contributed by atoms with Gasteiger partial charge in [-0.05, 0) is 37.1 Å². The van der Waals surface area contributed by atoms with Crippen molar-refractivity contribution >= 4 is 11.8 Å². The van der Waals surface area contributed by atoms with Gasteiger partial charge in [-0.25, -0.2) is 4.79 Å². The number of amides is 1. The van der Waals surface area contributed by atoms with Crippen molar-refractivity contribution in [3.8, 4) is 0 Å². The van der Waals surface area contributed by atoms with Crippen molar-refractivity contribution in [3.05, 3.63) is 29.8 Å². The SMILES string of the molecule is COC(=O)Nc1ccc(CCCN)cc1. The van der Waals surface area contributed by atoms with Gasteiger partial charge in [0.25, 0.3) is 0 Å². The van der Waals surface area contributed by atoms with E-state index in [4.69, 9.17) is 5.73 Å². The summed E-state index contributed by atoms with van der Waals surface area (Å²) in [5.74, 6) is 0. The summed E-state index contributed by atoms with van der Waals surface area (Å²) >= 11 is 0. The van der Waals surface area contributed by atoms with E-state index in [-0.39, 0.29) is 0 Å². The molecule has 0 saturated carbocycles. The molecule has 0 heterocycles. The molecule has 1 aromatic carbocycles. The van der Waals surface area contributed by atoms with Gasteiger partial charge in [0.05, 0.1) is 7.11 Å². The van der Waals surface area contributed by atoms with Crippen molar-refractivity contribution in [2.45, 2.75) is 12.8 Å². The van der Waals surface area contributed by atoms with Crippen LogP contribution >= 0.6 is 0 Å². The number of hydrogen-bond donors (Lipinski definition) is 2. The molecule has 0 fully saturated rings. The predicted octanol–water partition coefficient (Wildman–Crippen LogP) is 1.76. The van der Waals surface area contributed by atoms with Gasteiger partial charge in [-0.1, -0.05) is 12.1 Å². The molecular weight excluding hydrogens is 192 g/mol. The molecule has 1 aromatic rings. The zero-order valence-corrected chi connectivity index (χ0v) is 8.82. The summed E-state index contributed by atoms with van der Waals surface area (Å²) < 4.78 is 4.48. The molecule has 82 valence electrons. The van der Waals surface area contributed by atoms with Gasteiger partial charge in [0.1, 0.15) is 0 Å². The Kier molecular flexibility index (Phi) is 4.63. The fourth-order valence-electron chi connectivity index (χ4n) is 1.23. The van der Waals surface area contributed by atoms with Crippen LogP contribution in [0.3, 0.4) is 0 Å². The van der Waals surface area contributed by atoms with Crippen molar-refractivity contribution in [3.63, 3.8) is 0 Å². The van der Waals surface area contributed by atoms with Gasteiger partial charge in [0, 0.05) is 5.69 Å². The molecule has 0 atom stereocenters. The summed E-state index contributed by atoms with van der Waals surface area (Å²) in [6.07, 6.45) is 1.49. The number of carbonyl (C=O) groups is 1. The summed E-state index contributed by atoms with van der Waals surface area (Å²) in [5, 5.41) is 2.59. The first-order chi connectivity index (χ1) is 7.26. The average Bonchev–Trinajstić information content (AvgIpc) is 2.28. The molecule has 0 aliphatic heterocycles. The zero-order chi connectivity index (χ0) is 11.1. The average molecular weight is 208 g/mol. The van der Waals surface area contributed by atoms with Crippen molar-refractivity contribution in [1.82, 2.24) is 0 Å². The lowest BCUT2D eigenvalue weighted by molar-refractivity contribution is 0.187. The maximum atomic E-state index is 10.9. The van der Waals surface area contributed by atoms with E-state index in [0.29, 0.717) is 6.54 Å². The molecule has 4 heteroatoms. The largest absolute Gasteiger partial charge is 0.453 e. The standard InChI is InChI=1S/C11H16N2O2/c1-15-11(14)13-10-6-4-9(5-7-10)3-2-8-12/h4-7H,2-3,8,12H2,1H3,(H,13,14). The van der Waals surface area contributed by atoms with Gasteiger partial charge < -0.3 is 10.5 Å². The molecule has 0 aromatic heterocycles. The first-order valence-corrected chi connectivity index (χ1v) is 4.90. The molecule has 0 unspecified atom stereocenters. The highest BCUT2D eigenvalue weighted by molar-refractivity contribution is 5.84. The molecular formula is C11H16N2O2. The molecule has 0 saturated heterocycles. The number of carbonyl (C=O) groups excluding carboxylic acids is 1. The van der Waals surface area contributed by atoms with Crippen LogP contribution in [-0.2, 0) is 11.2 Å². The van der Waals surface area contributed by atoms with E-state index in [2.05, 4.69) is 10.1 Å². The molecule has 0 bridgehead atoms. The van der Waals surface area contributed by atoms with E-state index in [9.17, 15) is 4.79 Å². The van der Waals surface area contributed by atoms with Crippen LogP contribution in [0.15, 0.2) is 24.3 Å². The Morgan fingerprint density at radius 1 is 1.40 bits per heavy atom. The second-order valence-electron chi connectivity index (χ2n) is 3.21. The zero-order valence-electron chi connectivity index (χ0n) is 8.82. The van der Waals surface area contributed by atoms with Crippen LogP contribution in [0.1, 0.15) is 12.0 Å². The molecule has 0 radical (unpaired) electrons. The number of ether oxygens (including phenoxy) is 1. The third kappa shape index (κ3) is 3.99. The minimum atomic E-state index is -0.454. The highest BCUT2D eigenvalue weighted by Gasteiger charge is 1.99. The van der Waals surface area contributed by atoms with Crippen molar-refractivity contribution in [2.75, 3.05) is 19.0 Å². The molecule has 4 nitrogen and oxygen atoms in total. The topological polar surface area (TPSA) is 64.3 Å². The molecule has 0 aliphatic rings. The van der Waals surface area contributed by atoms with Gasteiger partial charge in [0.2, 0.25) is 0 Å². The van der Waals surface area contributed by atoms with Crippen LogP contribution in [0.25, 0.3) is 0 Å². The van der Waals surface area contributed by atoms with Crippen LogP contribution in [0.4, 0.5) is 10.5 Å². The highest BCUT2D eigenvalue weighted by atomic mass is 16.5. The van der Waals surface area contributed by atoms with E-state index >= 15 is 0 Å². The molecule has 15 heavy (non-hydrogen) atoms. The fourth-order valence-corrected chi connectivity index (χ4v) is 1.23. The first-order valence-electron chi connectivity index (χ1n) is 4.90. The van der Waals surface area contributed by atoms with Gasteiger partial charge in [-0.2, -0.15) is 0 Å². The Bertz CT molecular complexity index is 309. The molecule has 0 aliphatic carbocycles. The lowest BCUT2D eigenvalue weighted by atomic mass is 10.1. The van der Waals surface area contributed by atoms with E-state index in [0.717, 1.165) is 18.5 Å². The van der Waals surface area contributed by atoms with E-state index in [1.54, 1.807) is 0 Å². The van der Waals surface area contributed by atoms with Crippen LogP contribution in [0, 0.1) is 0 Å². The number of benzene rings is 1. The number of nitrogens with two attached hydrogens (primary N) is 1. The third-order valence-electron chi connectivity index (χ3n) is 2.06. The Hall–Kier alpha value is -1.55. The quantitative estimate of drug-likeness (QED) is 0.792. The lowest BCUT2D eigenvalue weighted by Gasteiger charge is -2.04. The fraction of sp³-hybridized carbons (Fsp3) is 0.364. The minimum absolute atomic E-state index is 0.454. The van der Waals surface area contributed by atoms with Crippen molar-refractivity contribution < 1.29 is 9.53 Å². The summed E-state index contributed by atoms with van der Waals surface area (Å²) in [4.78, 5) is 10.9. The second-order valence-corrected chi connectivity index (χ2v) is 3.21. The van der Waals surface area contributed by atoms with Crippen LogP contribution < -0.4 is 11.1 Å². The lowest BCUT2D eigenvalue weighted by Crippen LogP contribution is -2.10. The smallest absolute Gasteiger partial charge is 0.411 e. The van der Waals surface area contributed by atoms with E-state index in [1.165, 1.54) is 12.7 Å². The Morgan fingerprint density at radius 2 is 2.07 bits per heavy atom. The minimum Gasteiger partial charge on any atom is -0.453 e. The predicted molar refractivity (Wildman–Crippen MR) is 59.8 cm³/mol. The second kappa shape index (κ2) is 6.03. The monoisotopic (exact) mass is 208 g/mol. The summed E-state index contributed by atoms with van der Waals surface area (Å²) in [5.41, 5.74) is 7.37. The Labute approximate surface area is 89.4 Å². The molecule has 1 rings (SSSR count). The number of nitrogens with one attached hydrogen (secondary N) is 1. The van der Waals surface area contributed by atoms with Crippen molar-refractivity contribution in [2.24, 2.45) is 5.73 Å². The van der Waals surface area contributed by atoms with Gasteiger partial charge in [-0.3, -0.25) is 5.32 Å². The normalized spacial score (nSPS) is 9.73. The molecule has 3 N–H and O–H groups in total. The maximum Gasteiger partial charge on any atom is 0.411 e. The first kappa shape index (κ1) is 11.5. The summed E-state index contributed by atoms with van der Waals surface area (Å²) in [6.45, 7) is 0.697. The van der Waals surface area contributed by atoms with Crippen LogP contribution in [-0.4, -0.2) is 19.7 Å². The third-order valence-corrected chi connectivity index (χ3v) is 2.06. The van der Waals surface area contributed by atoms with Gasteiger partial charge in [-0.15, -0.1) is 0 Å². The van der Waals surface area contributed by atoms with Crippen LogP contribution in [0.2, 0.25) is 0 Å². The van der Waals surface area contributed by atoms with Gasteiger partial charge in [0.15, 0.2) is 0 Å². The number of aryl methyl sites for hydroxylation is 1. The van der Waals surface area contributed by atoms with Gasteiger partial charge >= 0.3 is 6.09 Å². The van der Waals surface area contributed by atoms with Crippen LogP contribution in [0.5, 0.6) is 0 Å². The van der Waals surface area contributed by atoms with Crippen molar-refractivity contribution in [1.29, 1.82) is 0 Å². The van der Waals surface area contributed by atoms with E-state index < -0.39 is 6.09 Å². The number of methoxy groups -OCH3 is 1. The Balaban J connectivity index is 2.52. The summed E-state index contributed by atoms with van der Waals surface area (Å²) in [6, 6.07) is 7.65. The highest BCUT2D eigenvalue weighted by Crippen LogP contribution is 2.10. The number of anilines is 1. The molecule has 1 amide bonds. The summed E-state index contributed by atoms with van der Waals surface area (Å²) in [7, 11) is 1.34. The van der Waals surface area contributed by atoms with E-state index in [1.807, 2.05) is 24.3 Å².